The SMILES string of the molecule is CNC(C(=O)Nc1cnn(CC(F)F)c1)c1cnn(C)c1. The highest BCUT2D eigenvalue weighted by Gasteiger charge is 2.20. The van der Waals surface area contributed by atoms with Crippen molar-refractivity contribution >= 4 is 11.6 Å². The van der Waals surface area contributed by atoms with Gasteiger partial charge in [-0.25, -0.2) is 8.78 Å². The number of halogens is 2. The molecule has 2 aromatic rings. The maximum absolute atomic E-state index is 12.2. The molecule has 0 spiro atoms. The normalized spacial score (nSPS) is 12.6. The van der Waals surface area contributed by atoms with E-state index in [9.17, 15) is 13.6 Å². The van der Waals surface area contributed by atoms with E-state index < -0.39 is 19.0 Å². The van der Waals surface area contributed by atoms with E-state index in [0.717, 1.165) is 4.68 Å². The summed E-state index contributed by atoms with van der Waals surface area (Å²) in [6.07, 6.45) is 3.51. The minimum Gasteiger partial charge on any atom is -0.322 e. The first-order valence-corrected chi connectivity index (χ1v) is 6.27. The standard InChI is InChI=1S/C12H16F2N6O/c1-15-11(8-3-16-19(2)5-8)12(21)18-9-4-17-20(6-9)7-10(13)14/h3-6,10-11,15H,7H2,1-2H3,(H,18,21). The summed E-state index contributed by atoms with van der Waals surface area (Å²) in [6, 6.07) is -0.586. The summed E-state index contributed by atoms with van der Waals surface area (Å²) < 4.78 is 27.1. The van der Waals surface area contributed by atoms with Crippen LogP contribution in [0.25, 0.3) is 0 Å². The van der Waals surface area contributed by atoms with Gasteiger partial charge in [0, 0.05) is 25.0 Å². The highest BCUT2D eigenvalue weighted by atomic mass is 19.3. The van der Waals surface area contributed by atoms with Gasteiger partial charge in [-0.3, -0.25) is 14.2 Å². The molecular weight excluding hydrogens is 282 g/mol. The summed E-state index contributed by atoms with van der Waals surface area (Å²) in [7, 11) is 3.40. The first-order valence-electron chi connectivity index (χ1n) is 6.27. The van der Waals surface area contributed by atoms with Crippen LogP contribution in [-0.2, 0) is 18.4 Å². The van der Waals surface area contributed by atoms with E-state index in [1.54, 1.807) is 31.2 Å². The second kappa shape index (κ2) is 6.44. The Morgan fingerprint density at radius 3 is 2.67 bits per heavy atom. The number of hydrogen-bond acceptors (Lipinski definition) is 4. The van der Waals surface area contributed by atoms with Gasteiger partial charge in [0.15, 0.2) is 0 Å². The van der Waals surface area contributed by atoms with Gasteiger partial charge in [-0.2, -0.15) is 10.2 Å². The summed E-state index contributed by atoms with van der Waals surface area (Å²) in [5, 5.41) is 13.3. The van der Waals surface area contributed by atoms with Crippen LogP contribution in [0.15, 0.2) is 24.8 Å². The highest BCUT2D eigenvalue weighted by Crippen LogP contribution is 2.15. The summed E-state index contributed by atoms with van der Waals surface area (Å²) in [4.78, 5) is 12.2. The van der Waals surface area contributed by atoms with Crippen molar-refractivity contribution in [3.05, 3.63) is 30.4 Å². The predicted molar refractivity (Wildman–Crippen MR) is 71.9 cm³/mol. The molecule has 0 aliphatic carbocycles. The van der Waals surface area contributed by atoms with E-state index in [4.69, 9.17) is 0 Å². The number of amides is 1. The first kappa shape index (κ1) is 15.1. The maximum atomic E-state index is 12.2. The van der Waals surface area contributed by atoms with Crippen LogP contribution < -0.4 is 10.6 Å². The minimum absolute atomic E-state index is 0.318. The summed E-state index contributed by atoms with van der Waals surface area (Å²) >= 11 is 0. The fourth-order valence-corrected chi connectivity index (χ4v) is 1.92. The lowest BCUT2D eigenvalue weighted by Crippen LogP contribution is -2.30. The largest absolute Gasteiger partial charge is 0.322 e. The van der Waals surface area contributed by atoms with Gasteiger partial charge >= 0.3 is 0 Å². The van der Waals surface area contributed by atoms with E-state index in [2.05, 4.69) is 20.8 Å². The van der Waals surface area contributed by atoms with Crippen molar-refractivity contribution in [2.75, 3.05) is 12.4 Å². The molecule has 9 heteroatoms. The summed E-state index contributed by atoms with van der Waals surface area (Å²) in [5.74, 6) is -0.318. The number of carbonyl (C=O) groups is 1. The van der Waals surface area contributed by atoms with Crippen molar-refractivity contribution in [1.29, 1.82) is 0 Å². The Hall–Kier alpha value is -2.29. The third-order valence-corrected chi connectivity index (χ3v) is 2.83. The highest BCUT2D eigenvalue weighted by molar-refractivity contribution is 5.95. The molecule has 0 saturated carbocycles. The minimum atomic E-state index is -2.49. The molecule has 0 fully saturated rings. The molecule has 1 amide bonds. The number of carbonyl (C=O) groups excluding carboxylic acids is 1. The number of aryl methyl sites for hydroxylation is 1. The molecule has 2 heterocycles. The molecule has 2 rings (SSSR count). The molecule has 1 unspecified atom stereocenters. The van der Waals surface area contributed by atoms with Crippen LogP contribution in [0.2, 0.25) is 0 Å². The molecule has 2 N–H and O–H groups in total. The molecule has 1 atom stereocenters. The maximum Gasteiger partial charge on any atom is 0.257 e. The van der Waals surface area contributed by atoms with Gasteiger partial charge in [0.05, 0.1) is 18.1 Å². The van der Waals surface area contributed by atoms with Gasteiger partial charge in [-0.1, -0.05) is 0 Å². The molecule has 21 heavy (non-hydrogen) atoms. The Balaban J connectivity index is 2.04. The molecule has 0 aliphatic heterocycles. The van der Waals surface area contributed by atoms with Crippen molar-refractivity contribution in [3.8, 4) is 0 Å². The van der Waals surface area contributed by atoms with Crippen LogP contribution in [-0.4, -0.2) is 38.9 Å². The van der Waals surface area contributed by atoms with Gasteiger partial charge in [-0.05, 0) is 7.05 Å². The Bertz CT molecular complexity index is 608. The van der Waals surface area contributed by atoms with Gasteiger partial charge in [0.1, 0.15) is 12.6 Å². The topological polar surface area (TPSA) is 76.8 Å². The second-order valence-corrected chi connectivity index (χ2v) is 4.50. The van der Waals surface area contributed by atoms with Crippen LogP contribution in [0.3, 0.4) is 0 Å². The molecular formula is C12H16F2N6O. The Kier molecular flexibility index (Phi) is 4.63. The number of likely N-dealkylation sites (N-methyl/N-ethyl adjacent to an activating group) is 1. The number of nitrogens with zero attached hydrogens (tertiary/aromatic N) is 4. The molecule has 0 bridgehead atoms. The average Bonchev–Trinajstić information content (AvgIpc) is 2.99. The quantitative estimate of drug-likeness (QED) is 0.826. The van der Waals surface area contributed by atoms with E-state index in [1.165, 1.54) is 12.4 Å². The summed E-state index contributed by atoms with van der Waals surface area (Å²) in [6.45, 7) is -0.506. The van der Waals surface area contributed by atoms with Crippen LogP contribution in [0.1, 0.15) is 11.6 Å². The van der Waals surface area contributed by atoms with Crippen molar-refractivity contribution in [3.63, 3.8) is 0 Å². The number of aromatic nitrogens is 4. The van der Waals surface area contributed by atoms with E-state index >= 15 is 0 Å². The number of hydrogen-bond donors (Lipinski definition) is 2. The third kappa shape index (κ3) is 3.85. The molecule has 114 valence electrons. The zero-order valence-corrected chi connectivity index (χ0v) is 11.6. The van der Waals surface area contributed by atoms with Gasteiger partial charge in [-0.15, -0.1) is 0 Å². The second-order valence-electron chi connectivity index (χ2n) is 4.50. The van der Waals surface area contributed by atoms with Crippen LogP contribution >= 0.6 is 0 Å². The van der Waals surface area contributed by atoms with E-state index in [0.29, 0.717) is 11.3 Å². The van der Waals surface area contributed by atoms with Crippen molar-refractivity contribution < 1.29 is 13.6 Å². The zero-order valence-electron chi connectivity index (χ0n) is 11.6. The van der Waals surface area contributed by atoms with Gasteiger partial charge in [0.25, 0.3) is 6.43 Å². The number of nitrogens with one attached hydrogen (secondary N) is 2. The van der Waals surface area contributed by atoms with Crippen LogP contribution in [0, 0.1) is 0 Å². The molecule has 2 aromatic heterocycles. The summed E-state index contributed by atoms with van der Waals surface area (Å²) in [5.41, 5.74) is 1.07. The molecule has 0 radical (unpaired) electrons. The van der Waals surface area contributed by atoms with Crippen molar-refractivity contribution in [2.24, 2.45) is 7.05 Å². The van der Waals surface area contributed by atoms with E-state index in [-0.39, 0.29) is 5.91 Å². The Labute approximate surface area is 119 Å². The number of anilines is 1. The lowest BCUT2D eigenvalue weighted by atomic mass is 10.1. The number of rotatable bonds is 6. The fraction of sp³-hybridized carbons (Fsp3) is 0.417. The lowest BCUT2D eigenvalue weighted by Gasteiger charge is -2.13. The molecule has 0 aromatic carbocycles. The van der Waals surface area contributed by atoms with Crippen molar-refractivity contribution in [2.45, 2.75) is 19.0 Å². The molecule has 0 saturated heterocycles. The van der Waals surface area contributed by atoms with E-state index in [1.807, 2.05) is 0 Å². The monoisotopic (exact) mass is 298 g/mol. The molecule has 0 aliphatic rings. The zero-order chi connectivity index (χ0) is 15.4. The number of alkyl halides is 2. The lowest BCUT2D eigenvalue weighted by molar-refractivity contribution is -0.118. The van der Waals surface area contributed by atoms with Gasteiger partial charge < -0.3 is 10.6 Å². The fourth-order valence-electron chi connectivity index (χ4n) is 1.92. The average molecular weight is 298 g/mol. The Morgan fingerprint density at radius 2 is 2.10 bits per heavy atom. The van der Waals surface area contributed by atoms with Crippen LogP contribution in [0.5, 0.6) is 0 Å². The third-order valence-electron chi connectivity index (χ3n) is 2.83. The van der Waals surface area contributed by atoms with Crippen LogP contribution in [0.4, 0.5) is 14.5 Å². The predicted octanol–water partition coefficient (Wildman–Crippen LogP) is 0.781. The Morgan fingerprint density at radius 1 is 1.33 bits per heavy atom. The smallest absolute Gasteiger partial charge is 0.257 e. The van der Waals surface area contributed by atoms with Gasteiger partial charge in [0.2, 0.25) is 5.91 Å². The first-order chi connectivity index (χ1) is 9.99. The molecule has 7 nitrogen and oxygen atoms in total. The van der Waals surface area contributed by atoms with Crippen molar-refractivity contribution in [1.82, 2.24) is 24.9 Å².